The van der Waals surface area contributed by atoms with Gasteiger partial charge in [0.1, 0.15) is 5.82 Å². The molecule has 0 saturated heterocycles. The lowest BCUT2D eigenvalue weighted by Gasteiger charge is -2.12. The largest absolute Gasteiger partial charge is 0.481 e. The number of H-pyrrole nitrogens is 1. The average Bonchev–Trinajstić information content (AvgIpc) is 3.59. The fourth-order valence-corrected chi connectivity index (χ4v) is 4.83. The molecule has 3 aromatic heterocycles. The summed E-state index contributed by atoms with van der Waals surface area (Å²) in [5.41, 5.74) is 6.87. The number of carboxylic acids is 1. The minimum atomic E-state index is -0.899. The lowest BCUT2D eigenvalue weighted by Crippen LogP contribution is -2.08. The van der Waals surface area contributed by atoms with Crippen molar-refractivity contribution in [1.29, 1.82) is 0 Å². The highest BCUT2D eigenvalue weighted by atomic mass is 32.2. The number of hydrogen-bond donors (Lipinski definition) is 2. The van der Waals surface area contributed by atoms with E-state index in [2.05, 4.69) is 56.9 Å². The van der Waals surface area contributed by atoms with E-state index in [1.54, 1.807) is 4.52 Å². The number of benzene rings is 2. The molecular formula is C26H26N8O2S. The molecule has 188 valence electrons. The molecule has 2 N–H and O–H groups in total. The first-order chi connectivity index (χ1) is 18.0. The monoisotopic (exact) mass is 514 g/mol. The lowest BCUT2D eigenvalue weighted by atomic mass is 9.96. The van der Waals surface area contributed by atoms with Crippen molar-refractivity contribution in [1.82, 2.24) is 40.2 Å². The summed E-state index contributed by atoms with van der Waals surface area (Å²) >= 11 is 1.11. The van der Waals surface area contributed by atoms with Gasteiger partial charge in [-0.25, -0.2) is 9.97 Å². The van der Waals surface area contributed by atoms with Gasteiger partial charge in [0.05, 0.1) is 5.75 Å². The Balaban J connectivity index is 1.49. The highest BCUT2D eigenvalue weighted by Crippen LogP contribution is 2.30. The van der Waals surface area contributed by atoms with Crippen molar-refractivity contribution in [3.8, 4) is 22.5 Å². The molecule has 11 heteroatoms. The number of tetrazole rings is 1. The molecule has 0 fully saturated rings. The number of carboxylic acid groups (broad SMARTS) is 1. The quantitative estimate of drug-likeness (QED) is 0.260. The van der Waals surface area contributed by atoms with Gasteiger partial charge in [0, 0.05) is 23.2 Å². The average molecular weight is 515 g/mol. The molecule has 0 aliphatic heterocycles. The van der Waals surface area contributed by atoms with E-state index in [0.29, 0.717) is 17.4 Å². The minimum Gasteiger partial charge on any atom is -0.481 e. The number of aryl methyl sites for hydroxylation is 2. The molecule has 5 rings (SSSR count). The number of rotatable bonds is 10. The van der Waals surface area contributed by atoms with Crippen LogP contribution in [0.2, 0.25) is 0 Å². The Morgan fingerprint density at radius 1 is 1.08 bits per heavy atom. The van der Waals surface area contributed by atoms with Gasteiger partial charge < -0.3 is 5.11 Å². The molecule has 0 bridgehead atoms. The van der Waals surface area contributed by atoms with Crippen molar-refractivity contribution >= 4 is 23.4 Å². The maximum atomic E-state index is 11.0. The number of fused-ring (bicyclic) bond motifs is 1. The molecule has 0 amide bonds. The van der Waals surface area contributed by atoms with E-state index >= 15 is 0 Å². The van der Waals surface area contributed by atoms with Crippen LogP contribution >= 0.6 is 11.8 Å². The smallest absolute Gasteiger partial charge is 0.313 e. The van der Waals surface area contributed by atoms with E-state index in [4.69, 9.17) is 15.1 Å². The summed E-state index contributed by atoms with van der Waals surface area (Å²) in [6.45, 7) is 4.07. The number of nitrogens with one attached hydrogen (secondary N) is 1. The number of hydrogen-bond acceptors (Lipinski definition) is 8. The van der Waals surface area contributed by atoms with Gasteiger partial charge in [0.2, 0.25) is 11.0 Å². The number of carbonyl (C=O) groups is 1. The second kappa shape index (κ2) is 10.9. The first-order valence-corrected chi connectivity index (χ1v) is 13.0. The molecule has 5 aromatic rings. The van der Waals surface area contributed by atoms with Gasteiger partial charge in [0.15, 0.2) is 5.65 Å². The van der Waals surface area contributed by atoms with Crippen LogP contribution in [0.3, 0.4) is 0 Å². The zero-order valence-corrected chi connectivity index (χ0v) is 21.4. The number of thioether (sulfide) groups is 1. The van der Waals surface area contributed by atoms with Crippen LogP contribution in [0.4, 0.5) is 0 Å². The zero-order valence-electron chi connectivity index (χ0n) is 20.5. The van der Waals surface area contributed by atoms with E-state index in [0.717, 1.165) is 76.0 Å². The lowest BCUT2D eigenvalue weighted by molar-refractivity contribution is -0.133. The summed E-state index contributed by atoms with van der Waals surface area (Å²) in [6.07, 6.45) is 3.58. The molecule has 10 nitrogen and oxygen atoms in total. The van der Waals surface area contributed by atoms with Gasteiger partial charge in [-0.15, -0.1) is 15.3 Å². The summed E-state index contributed by atoms with van der Waals surface area (Å²) in [7, 11) is 0. The highest BCUT2D eigenvalue weighted by Gasteiger charge is 2.18. The number of aromatic amines is 1. The van der Waals surface area contributed by atoms with Crippen molar-refractivity contribution in [3.05, 3.63) is 71.2 Å². The fourth-order valence-electron chi connectivity index (χ4n) is 4.28. The summed E-state index contributed by atoms with van der Waals surface area (Å²) in [4.78, 5) is 20.6. The number of unbranched alkanes of at least 4 members (excludes halogenated alkanes) is 1. The van der Waals surface area contributed by atoms with Gasteiger partial charge in [0.25, 0.3) is 0 Å². The van der Waals surface area contributed by atoms with Crippen LogP contribution in [0.5, 0.6) is 0 Å². The molecule has 0 atom stereocenters. The van der Waals surface area contributed by atoms with Crippen molar-refractivity contribution in [3.63, 3.8) is 0 Å². The predicted molar refractivity (Wildman–Crippen MR) is 140 cm³/mol. The van der Waals surface area contributed by atoms with Crippen LogP contribution in [0.15, 0.2) is 53.7 Å². The molecule has 2 aromatic carbocycles. The maximum Gasteiger partial charge on any atom is 0.313 e. The van der Waals surface area contributed by atoms with E-state index in [1.807, 2.05) is 31.2 Å². The Morgan fingerprint density at radius 3 is 2.57 bits per heavy atom. The van der Waals surface area contributed by atoms with Crippen LogP contribution in [0.25, 0.3) is 28.2 Å². The number of aromatic nitrogens is 8. The summed E-state index contributed by atoms with van der Waals surface area (Å²) in [5.74, 6) is 0.307. The first kappa shape index (κ1) is 24.6. The summed E-state index contributed by atoms with van der Waals surface area (Å²) in [5, 5.41) is 28.5. The Labute approximate surface area is 217 Å². The van der Waals surface area contributed by atoms with Gasteiger partial charge in [-0.3, -0.25) is 4.79 Å². The SMILES string of the molecule is CCCCc1nc(C)n2nc(SCC(=O)O)nc2c1Cc1ccc(-c2ccccc2-c2nn[nH]n2)cc1. The van der Waals surface area contributed by atoms with Gasteiger partial charge in [-0.05, 0) is 41.7 Å². The van der Waals surface area contributed by atoms with E-state index in [1.165, 1.54) is 0 Å². The maximum absolute atomic E-state index is 11.0. The van der Waals surface area contributed by atoms with E-state index in [-0.39, 0.29) is 5.75 Å². The third-order valence-electron chi connectivity index (χ3n) is 6.06. The van der Waals surface area contributed by atoms with E-state index < -0.39 is 5.97 Å². The zero-order chi connectivity index (χ0) is 25.8. The Kier molecular flexibility index (Phi) is 7.22. The molecule has 3 heterocycles. The Bertz CT molecular complexity index is 1530. The second-order valence-electron chi connectivity index (χ2n) is 8.65. The van der Waals surface area contributed by atoms with Crippen LogP contribution < -0.4 is 0 Å². The Morgan fingerprint density at radius 2 is 1.86 bits per heavy atom. The second-order valence-corrected chi connectivity index (χ2v) is 9.60. The highest BCUT2D eigenvalue weighted by molar-refractivity contribution is 7.99. The van der Waals surface area contributed by atoms with Crippen LogP contribution in [0.1, 0.15) is 42.4 Å². The van der Waals surface area contributed by atoms with Crippen molar-refractivity contribution < 1.29 is 9.90 Å². The molecule has 0 saturated carbocycles. The van der Waals surface area contributed by atoms with Crippen LogP contribution in [-0.4, -0.2) is 57.0 Å². The van der Waals surface area contributed by atoms with Gasteiger partial charge >= 0.3 is 5.97 Å². The predicted octanol–water partition coefficient (Wildman–Crippen LogP) is 4.39. The topological polar surface area (TPSA) is 135 Å². The minimum absolute atomic E-state index is 0.0891. The Hall–Kier alpha value is -4.12. The number of nitrogens with zero attached hydrogens (tertiary/aromatic N) is 7. The third-order valence-corrected chi connectivity index (χ3v) is 6.88. The molecule has 0 radical (unpaired) electrons. The van der Waals surface area contributed by atoms with E-state index in [9.17, 15) is 4.79 Å². The van der Waals surface area contributed by atoms with Crippen molar-refractivity contribution in [2.24, 2.45) is 0 Å². The molecule has 0 aliphatic rings. The standard InChI is InChI=1S/C26H26N8O2S/c1-3-4-9-22-21(25-28-26(37-15-23(35)36)31-34(25)16(2)27-22)14-17-10-12-18(13-11-17)19-7-5-6-8-20(19)24-29-32-33-30-24/h5-8,10-13H,3-4,9,14-15H2,1-2H3,(H,35,36)(H,29,30,32,33). The van der Waals surface area contributed by atoms with Crippen LogP contribution in [0, 0.1) is 6.92 Å². The molecule has 0 unspecified atom stereocenters. The third kappa shape index (κ3) is 5.36. The molecular weight excluding hydrogens is 488 g/mol. The van der Waals surface area contributed by atoms with Crippen LogP contribution in [-0.2, 0) is 17.6 Å². The number of aliphatic carboxylic acids is 1. The molecule has 0 aliphatic carbocycles. The van der Waals surface area contributed by atoms with Crippen molar-refractivity contribution in [2.75, 3.05) is 5.75 Å². The molecule has 0 spiro atoms. The van der Waals surface area contributed by atoms with Gasteiger partial charge in [-0.1, -0.05) is 73.6 Å². The fraction of sp³-hybridized carbons (Fsp3) is 0.269. The molecule has 37 heavy (non-hydrogen) atoms. The first-order valence-electron chi connectivity index (χ1n) is 12.1. The normalized spacial score (nSPS) is 11.3. The summed E-state index contributed by atoms with van der Waals surface area (Å²) < 4.78 is 1.73. The summed E-state index contributed by atoms with van der Waals surface area (Å²) in [6, 6.07) is 16.4. The van der Waals surface area contributed by atoms with Crippen molar-refractivity contribution in [2.45, 2.75) is 44.7 Å². The van der Waals surface area contributed by atoms with Gasteiger partial charge in [-0.2, -0.15) is 9.73 Å².